The normalized spacial score (nSPS) is 10.4. The van der Waals surface area contributed by atoms with Gasteiger partial charge in [0.1, 0.15) is 0 Å². The van der Waals surface area contributed by atoms with E-state index in [1.807, 2.05) is 25.3 Å². The summed E-state index contributed by atoms with van der Waals surface area (Å²) in [5.41, 5.74) is 2.38. The molecule has 1 amide bonds. The van der Waals surface area contributed by atoms with Crippen LogP contribution in [-0.2, 0) is 6.42 Å². The van der Waals surface area contributed by atoms with E-state index in [-0.39, 0.29) is 5.91 Å². The number of hydrogen-bond donors (Lipinski definition) is 2. The van der Waals surface area contributed by atoms with Gasteiger partial charge in [0.25, 0.3) is 5.91 Å². The van der Waals surface area contributed by atoms with Gasteiger partial charge >= 0.3 is 0 Å². The highest BCUT2D eigenvalue weighted by atomic mass is 35.5. The molecule has 0 atom stereocenters. The molecule has 0 saturated heterocycles. The minimum atomic E-state index is -0.123. The number of carbonyl (C=O) groups is 1. The Kier molecular flexibility index (Phi) is 5.59. The van der Waals surface area contributed by atoms with E-state index in [9.17, 15) is 4.79 Å². The lowest BCUT2D eigenvalue weighted by atomic mass is 10.1. The number of nitrogens with one attached hydrogen (secondary N) is 2. The summed E-state index contributed by atoms with van der Waals surface area (Å²) in [6, 6.07) is 5.28. The van der Waals surface area contributed by atoms with Crippen LogP contribution in [0.1, 0.15) is 28.0 Å². The van der Waals surface area contributed by atoms with Gasteiger partial charge in [0.2, 0.25) is 0 Å². The standard InChI is InChI=1S/C15H18ClN3OS/c1-3-17-13-5-4-11(16)8-12(13)15(20)18-7-6-14-19-10(2)9-21-14/h4-5,8-9,17H,3,6-7H2,1-2H3,(H,18,20). The van der Waals surface area contributed by atoms with Gasteiger partial charge in [-0.2, -0.15) is 0 Å². The molecular weight excluding hydrogens is 306 g/mol. The third kappa shape index (κ3) is 4.44. The van der Waals surface area contributed by atoms with E-state index in [1.54, 1.807) is 23.5 Å². The van der Waals surface area contributed by atoms with Gasteiger partial charge in [-0.1, -0.05) is 11.6 Å². The van der Waals surface area contributed by atoms with Crippen LogP contribution in [0.4, 0.5) is 5.69 Å². The summed E-state index contributed by atoms with van der Waals surface area (Å²) in [6.45, 7) is 5.26. The SMILES string of the molecule is CCNc1ccc(Cl)cc1C(=O)NCCc1nc(C)cs1. The molecule has 2 aromatic rings. The largest absolute Gasteiger partial charge is 0.385 e. The van der Waals surface area contributed by atoms with Crippen molar-refractivity contribution in [2.24, 2.45) is 0 Å². The van der Waals surface area contributed by atoms with Crippen molar-refractivity contribution in [3.8, 4) is 0 Å². The van der Waals surface area contributed by atoms with Crippen molar-refractivity contribution in [2.45, 2.75) is 20.3 Å². The first-order chi connectivity index (χ1) is 10.1. The predicted molar refractivity (Wildman–Crippen MR) is 88.5 cm³/mol. The van der Waals surface area contributed by atoms with Crippen LogP contribution < -0.4 is 10.6 Å². The predicted octanol–water partition coefficient (Wildman–Crippen LogP) is 3.51. The Hall–Kier alpha value is -1.59. The Labute approximate surface area is 133 Å². The number of carbonyl (C=O) groups excluding carboxylic acids is 1. The maximum atomic E-state index is 12.3. The molecule has 0 aliphatic rings. The molecule has 0 aliphatic carbocycles. The monoisotopic (exact) mass is 323 g/mol. The van der Waals surface area contributed by atoms with Crippen molar-refractivity contribution >= 4 is 34.5 Å². The molecule has 21 heavy (non-hydrogen) atoms. The van der Waals surface area contributed by atoms with Gasteiger partial charge < -0.3 is 10.6 Å². The molecule has 0 aliphatic heterocycles. The molecule has 0 fully saturated rings. The number of aryl methyl sites for hydroxylation is 1. The van der Waals surface area contributed by atoms with Gasteiger partial charge in [0, 0.05) is 41.3 Å². The number of thiazole rings is 1. The Balaban J connectivity index is 1.97. The highest BCUT2D eigenvalue weighted by Crippen LogP contribution is 2.20. The topological polar surface area (TPSA) is 54.0 Å². The van der Waals surface area contributed by atoms with Crippen LogP contribution in [-0.4, -0.2) is 24.0 Å². The number of rotatable bonds is 6. The maximum absolute atomic E-state index is 12.3. The van der Waals surface area contributed by atoms with E-state index in [0.717, 1.165) is 29.4 Å². The fourth-order valence-electron chi connectivity index (χ4n) is 1.94. The number of nitrogens with zero attached hydrogens (tertiary/aromatic N) is 1. The summed E-state index contributed by atoms with van der Waals surface area (Å²) in [7, 11) is 0. The van der Waals surface area contributed by atoms with Crippen LogP contribution in [0.25, 0.3) is 0 Å². The van der Waals surface area contributed by atoms with Gasteiger partial charge in [0.15, 0.2) is 0 Å². The fourth-order valence-corrected chi connectivity index (χ4v) is 2.89. The number of aromatic nitrogens is 1. The zero-order chi connectivity index (χ0) is 15.2. The van der Waals surface area contributed by atoms with Crippen molar-refractivity contribution in [2.75, 3.05) is 18.4 Å². The minimum Gasteiger partial charge on any atom is -0.385 e. The smallest absolute Gasteiger partial charge is 0.253 e. The summed E-state index contributed by atoms with van der Waals surface area (Å²) in [5.74, 6) is -0.123. The van der Waals surface area contributed by atoms with Crippen LogP contribution in [0.2, 0.25) is 5.02 Å². The minimum absolute atomic E-state index is 0.123. The zero-order valence-electron chi connectivity index (χ0n) is 12.1. The van der Waals surface area contributed by atoms with Gasteiger partial charge in [-0.05, 0) is 32.0 Å². The van der Waals surface area contributed by atoms with E-state index in [4.69, 9.17) is 11.6 Å². The third-order valence-electron chi connectivity index (χ3n) is 2.88. The molecule has 0 bridgehead atoms. The number of anilines is 1. The Bertz CT molecular complexity index is 627. The maximum Gasteiger partial charge on any atom is 0.253 e. The molecule has 2 rings (SSSR count). The van der Waals surface area contributed by atoms with E-state index >= 15 is 0 Å². The lowest BCUT2D eigenvalue weighted by molar-refractivity contribution is 0.0955. The second-order valence-corrected chi connectivity index (χ2v) is 5.99. The van der Waals surface area contributed by atoms with Crippen molar-refractivity contribution in [3.63, 3.8) is 0 Å². The molecule has 2 N–H and O–H groups in total. The van der Waals surface area contributed by atoms with Gasteiger partial charge in [-0.25, -0.2) is 4.98 Å². The van der Waals surface area contributed by atoms with E-state index in [1.165, 1.54) is 0 Å². The second kappa shape index (κ2) is 7.43. The summed E-state index contributed by atoms with van der Waals surface area (Å²) < 4.78 is 0. The molecule has 4 nitrogen and oxygen atoms in total. The summed E-state index contributed by atoms with van der Waals surface area (Å²) >= 11 is 7.59. The van der Waals surface area contributed by atoms with Gasteiger partial charge in [0.05, 0.1) is 10.6 Å². The van der Waals surface area contributed by atoms with Gasteiger partial charge in [-0.15, -0.1) is 11.3 Å². The second-order valence-electron chi connectivity index (χ2n) is 4.61. The number of hydrogen-bond acceptors (Lipinski definition) is 4. The van der Waals surface area contributed by atoms with Crippen LogP contribution in [0.15, 0.2) is 23.6 Å². The molecule has 0 spiro atoms. The van der Waals surface area contributed by atoms with E-state index < -0.39 is 0 Å². The molecule has 6 heteroatoms. The van der Waals surface area contributed by atoms with Crippen LogP contribution in [0.3, 0.4) is 0 Å². The van der Waals surface area contributed by atoms with E-state index in [2.05, 4.69) is 15.6 Å². The first-order valence-electron chi connectivity index (χ1n) is 6.82. The summed E-state index contributed by atoms with van der Waals surface area (Å²) in [4.78, 5) is 16.6. The Morgan fingerprint density at radius 3 is 2.90 bits per heavy atom. The van der Waals surface area contributed by atoms with Crippen LogP contribution in [0, 0.1) is 6.92 Å². The molecule has 0 unspecified atom stereocenters. The highest BCUT2D eigenvalue weighted by Gasteiger charge is 2.11. The number of benzene rings is 1. The van der Waals surface area contributed by atoms with E-state index in [0.29, 0.717) is 17.1 Å². The van der Waals surface area contributed by atoms with Crippen molar-refractivity contribution in [1.29, 1.82) is 0 Å². The molecular formula is C15H18ClN3OS. The Morgan fingerprint density at radius 1 is 1.43 bits per heavy atom. The van der Waals surface area contributed by atoms with Crippen LogP contribution >= 0.6 is 22.9 Å². The average Bonchev–Trinajstić information content (AvgIpc) is 2.86. The third-order valence-corrected chi connectivity index (χ3v) is 4.15. The summed E-state index contributed by atoms with van der Waals surface area (Å²) in [5, 5.41) is 9.68. The summed E-state index contributed by atoms with van der Waals surface area (Å²) in [6.07, 6.45) is 0.737. The van der Waals surface area contributed by atoms with Gasteiger partial charge in [-0.3, -0.25) is 4.79 Å². The molecule has 112 valence electrons. The van der Waals surface area contributed by atoms with Crippen molar-refractivity contribution < 1.29 is 4.79 Å². The number of halogens is 1. The molecule has 1 aromatic heterocycles. The lowest BCUT2D eigenvalue weighted by Crippen LogP contribution is -2.26. The number of amides is 1. The quantitative estimate of drug-likeness (QED) is 0.855. The highest BCUT2D eigenvalue weighted by molar-refractivity contribution is 7.09. The van der Waals surface area contributed by atoms with Crippen molar-refractivity contribution in [1.82, 2.24) is 10.3 Å². The zero-order valence-corrected chi connectivity index (χ0v) is 13.6. The molecule has 0 saturated carbocycles. The average molecular weight is 324 g/mol. The fraction of sp³-hybridized carbons (Fsp3) is 0.333. The van der Waals surface area contributed by atoms with Crippen molar-refractivity contribution in [3.05, 3.63) is 44.9 Å². The molecule has 0 radical (unpaired) electrons. The molecule has 1 heterocycles. The first kappa shape index (κ1) is 15.8. The molecule has 1 aromatic carbocycles. The lowest BCUT2D eigenvalue weighted by Gasteiger charge is -2.11. The first-order valence-corrected chi connectivity index (χ1v) is 8.08. The Morgan fingerprint density at radius 2 is 2.24 bits per heavy atom. The van der Waals surface area contributed by atoms with Crippen LogP contribution in [0.5, 0.6) is 0 Å².